The van der Waals surface area contributed by atoms with Crippen LogP contribution in [0.1, 0.15) is 5.82 Å². The Balaban J connectivity index is 1.59. The van der Waals surface area contributed by atoms with Gasteiger partial charge in [-0.3, -0.25) is 4.90 Å². The number of nitrogens with one attached hydrogen (secondary N) is 1. The molecule has 0 saturated carbocycles. The van der Waals surface area contributed by atoms with Gasteiger partial charge in [0.1, 0.15) is 11.8 Å². The number of hydrogen-bond acceptors (Lipinski definition) is 6. The number of furan rings is 1. The Kier molecular flexibility index (Phi) is 3.17. The van der Waals surface area contributed by atoms with E-state index in [1.165, 1.54) is 0 Å². The summed E-state index contributed by atoms with van der Waals surface area (Å²) in [4.78, 5) is 6.82. The zero-order valence-corrected chi connectivity index (χ0v) is 11.6. The predicted octanol–water partition coefficient (Wildman–Crippen LogP) is 1.89. The summed E-state index contributed by atoms with van der Waals surface area (Å²) in [5.41, 5.74) is 1.68. The van der Waals surface area contributed by atoms with Gasteiger partial charge in [0.2, 0.25) is 0 Å². The molecule has 1 saturated heterocycles. The number of piperazine rings is 1. The third kappa shape index (κ3) is 2.43. The first-order chi connectivity index (χ1) is 10.4. The van der Waals surface area contributed by atoms with Gasteiger partial charge in [-0.25, -0.2) is 0 Å². The predicted molar refractivity (Wildman–Crippen MR) is 77.7 cm³/mol. The molecular formula is C15H16N4O2. The van der Waals surface area contributed by atoms with Gasteiger partial charge in [-0.1, -0.05) is 23.4 Å². The molecule has 1 aliphatic rings. The standard InChI is InChI=1S/C15H16N4O2/c1-2-4-13-11(3-1)12(10-20-13)15-17-14(18-21-15)9-19-7-5-16-6-8-19/h1-4,10,16H,5-9H2. The van der Waals surface area contributed by atoms with Gasteiger partial charge in [0, 0.05) is 31.6 Å². The average molecular weight is 284 g/mol. The maximum Gasteiger partial charge on any atom is 0.261 e. The molecule has 0 unspecified atom stereocenters. The van der Waals surface area contributed by atoms with Crippen molar-refractivity contribution in [2.45, 2.75) is 6.54 Å². The second kappa shape index (κ2) is 5.31. The average Bonchev–Trinajstić information content (AvgIpc) is 3.14. The maximum atomic E-state index is 5.52. The molecule has 2 aromatic heterocycles. The molecule has 1 aromatic carbocycles. The highest BCUT2D eigenvalue weighted by molar-refractivity contribution is 5.91. The first-order valence-electron chi connectivity index (χ1n) is 7.12. The van der Waals surface area contributed by atoms with Crippen molar-refractivity contribution in [2.75, 3.05) is 26.2 Å². The monoisotopic (exact) mass is 284 g/mol. The van der Waals surface area contributed by atoms with E-state index < -0.39 is 0 Å². The van der Waals surface area contributed by atoms with Crippen molar-refractivity contribution in [2.24, 2.45) is 0 Å². The van der Waals surface area contributed by atoms with E-state index in [1.54, 1.807) is 6.26 Å². The zero-order valence-electron chi connectivity index (χ0n) is 11.6. The number of aromatic nitrogens is 2. The van der Waals surface area contributed by atoms with Crippen LogP contribution in [0.4, 0.5) is 0 Å². The molecule has 1 aliphatic heterocycles. The van der Waals surface area contributed by atoms with Crippen LogP contribution in [0.3, 0.4) is 0 Å². The molecule has 3 heterocycles. The molecule has 1 fully saturated rings. The van der Waals surface area contributed by atoms with Crippen LogP contribution in [-0.4, -0.2) is 41.2 Å². The molecule has 6 nitrogen and oxygen atoms in total. The van der Waals surface area contributed by atoms with Gasteiger partial charge in [-0.05, 0) is 6.07 Å². The van der Waals surface area contributed by atoms with Gasteiger partial charge in [-0.2, -0.15) is 4.98 Å². The number of benzene rings is 1. The molecule has 0 aliphatic carbocycles. The van der Waals surface area contributed by atoms with Gasteiger partial charge < -0.3 is 14.3 Å². The van der Waals surface area contributed by atoms with E-state index in [9.17, 15) is 0 Å². The summed E-state index contributed by atoms with van der Waals surface area (Å²) in [6.45, 7) is 4.77. The molecule has 0 amide bonds. The lowest BCUT2D eigenvalue weighted by Crippen LogP contribution is -2.43. The Morgan fingerprint density at radius 2 is 2.05 bits per heavy atom. The van der Waals surface area contributed by atoms with Crippen LogP contribution in [0.5, 0.6) is 0 Å². The Morgan fingerprint density at radius 3 is 2.95 bits per heavy atom. The summed E-state index contributed by atoms with van der Waals surface area (Å²) in [6, 6.07) is 7.84. The van der Waals surface area contributed by atoms with Crippen molar-refractivity contribution in [3.8, 4) is 11.5 Å². The van der Waals surface area contributed by atoms with Crippen molar-refractivity contribution in [1.29, 1.82) is 0 Å². The largest absolute Gasteiger partial charge is 0.463 e. The molecule has 0 bridgehead atoms. The molecule has 0 atom stereocenters. The molecule has 21 heavy (non-hydrogen) atoms. The van der Waals surface area contributed by atoms with Gasteiger partial charge in [-0.15, -0.1) is 0 Å². The van der Waals surface area contributed by atoms with Crippen LogP contribution in [0.25, 0.3) is 22.4 Å². The topological polar surface area (TPSA) is 67.3 Å². The van der Waals surface area contributed by atoms with Crippen molar-refractivity contribution >= 4 is 11.0 Å². The maximum absolute atomic E-state index is 5.52. The van der Waals surface area contributed by atoms with E-state index in [-0.39, 0.29) is 0 Å². The summed E-state index contributed by atoms with van der Waals surface area (Å²) < 4.78 is 10.9. The Hall–Kier alpha value is -2.18. The Labute approximate surface area is 121 Å². The van der Waals surface area contributed by atoms with E-state index >= 15 is 0 Å². The molecule has 0 radical (unpaired) electrons. The Morgan fingerprint density at radius 1 is 1.19 bits per heavy atom. The highest BCUT2D eigenvalue weighted by Crippen LogP contribution is 2.29. The van der Waals surface area contributed by atoms with Crippen LogP contribution < -0.4 is 5.32 Å². The molecule has 6 heteroatoms. The second-order valence-electron chi connectivity index (χ2n) is 5.19. The van der Waals surface area contributed by atoms with E-state index in [2.05, 4.69) is 20.4 Å². The molecule has 4 rings (SSSR count). The molecule has 0 spiro atoms. The van der Waals surface area contributed by atoms with Crippen molar-refractivity contribution in [1.82, 2.24) is 20.4 Å². The van der Waals surface area contributed by atoms with Crippen molar-refractivity contribution in [3.63, 3.8) is 0 Å². The molecular weight excluding hydrogens is 268 g/mol. The SMILES string of the molecule is c1ccc2c(-c3nc(CN4CCNCC4)no3)coc2c1. The smallest absolute Gasteiger partial charge is 0.261 e. The third-order valence-corrected chi connectivity index (χ3v) is 3.75. The Bertz CT molecular complexity index is 743. The number of fused-ring (bicyclic) bond motifs is 1. The van der Waals surface area contributed by atoms with Crippen LogP contribution in [0, 0.1) is 0 Å². The highest BCUT2D eigenvalue weighted by Gasteiger charge is 2.17. The van der Waals surface area contributed by atoms with E-state index in [0.717, 1.165) is 55.1 Å². The quantitative estimate of drug-likeness (QED) is 0.792. The van der Waals surface area contributed by atoms with Gasteiger partial charge in [0.05, 0.1) is 12.1 Å². The minimum absolute atomic E-state index is 0.519. The fourth-order valence-electron chi connectivity index (χ4n) is 2.64. The minimum Gasteiger partial charge on any atom is -0.463 e. The lowest BCUT2D eigenvalue weighted by atomic mass is 10.2. The fourth-order valence-corrected chi connectivity index (χ4v) is 2.64. The molecule has 3 aromatic rings. The van der Waals surface area contributed by atoms with Crippen molar-refractivity contribution in [3.05, 3.63) is 36.4 Å². The molecule has 108 valence electrons. The lowest BCUT2D eigenvalue weighted by Gasteiger charge is -2.25. The number of para-hydroxylation sites is 1. The van der Waals surface area contributed by atoms with Gasteiger partial charge in [0.25, 0.3) is 5.89 Å². The summed E-state index contributed by atoms with van der Waals surface area (Å²) in [5, 5.41) is 8.41. The summed E-state index contributed by atoms with van der Waals surface area (Å²) >= 11 is 0. The third-order valence-electron chi connectivity index (χ3n) is 3.75. The van der Waals surface area contributed by atoms with Crippen LogP contribution in [0.2, 0.25) is 0 Å². The first-order valence-corrected chi connectivity index (χ1v) is 7.12. The lowest BCUT2D eigenvalue weighted by molar-refractivity contribution is 0.225. The summed E-state index contributed by atoms with van der Waals surface area (Å²) in [7, 11) is 0. The second-order valence-corrected chi connectivity index (χ2v) is 5.19. The van der Waals surface area contributed by atoms with Gasteiger partial charge in [0.15, 0.2) is 5.82 Å². The normalized spacial score (nSPS) is 16.6. The fraction of sp³-hybridized carbons (Fsp3) is 0.333. The first kappa shape index (κ1) is 12.6. The van der Waals surface area contributed by atoms with Crippen LogP contribution in [-0.2, 0) is 6.54 Å². The number of nitrogens with zero attached hydrogens (tertiary/aromatic N) is 3. The van der Waals surface area contributed by atoms with E-state index in [1.807, 2.05) is 24.3 Å². The number of hydrogen-bond donors (Lipinski definition) is 1. The van der Waals surface area contributed by atoms with E-state index in [4.69, 9.17) is 8.94 Å². The number of rotatable bonds is 3. The summed E-state index contributed by atoms with van der Waals surface area (Å²) in [6.07, 6.45) is 1.67. The highest BCUT2D eigenvalue weighted by atomic mass is 16.5. The van der Waals surface area contributed by atoms with E-state index in [0.29, 0.717) is 5.89 Å². The zero-order chi connectivity index (χ0) is 14.1. The van der Waals surface area contributed by atoms with Crippen LogP contribution in [0.15, 0.2) is 39.5 Å². The minimum atomic E-state index is 0.519. The molecule has 1 N–H and O–H groups in total. The summed E-state index contributed by atoms with van der Waals surface area (Å²) in [5.74, 6) is 1.24. The van der Waals surface area contributed by atoms with Crippen molar-refractivity contribution < 1.29 is 8.94 Å². The van der Waals surface area contributed by atoms with Crippen LogP contribution >= 0.6 is 0 Å². The van der Waals surface area contributed by atoms with Gasteiger partial charge >= 0.3 is 0 Å².